The maximum absolute atomic E-state index is 4.64. The first-order valence-corrected chi connectivity index (χ1v) is 8.10. The zero-order valence-electron chi connectivity index (χ0n) is 11.3. The summed E-state index contributed by atoms with van der Waals surface area (Å²) in [7, 11) is 0. The van der Waals surface area contributed by atoms with Crippen molar-refractivity contribution >= 4 is 17.7 Å². The van der Waals surface area contributed by atoms with Crippen LogP contribution in [0.15, 0.2) is 17.7 Å². The number of rotatable bonds is 1. The Balaban J connectivity index is 0.000000686. The van der Waals surface area contributed by atoms with E-state index < -0.39 is 0 Å². The number of hydrogen-bond donors (Lipinski definition) is 0. The van der Waals surface area contributed by atoms with E-state index in [1.807, 2.05) is 0 Å². The molecule has 0 aromatic heterocycles. The van der Waals surface area contributed by atoms with E-state index in [1.54, 1.807) is 35.9 Å². The van der Waals surface area contributed by atoms with Gasteiger partial charge in [-0.15, -0.1) is 11.6 Å². The standard InChI is InChI=1S/C14H17.CH3Cl.Zr/c1-9(2)12-6-5-11(4)13-7-10(3)8-14(12)13;1-2;/h5-9H,1-4H3;1H3;. The molecule has 2 rings (SSSR count). The number of hydrogen-bond acceptors (Lipinski definition) is 0. The zero-order chi connectivity index (χ0) is 13.2. The molecule has 0 bridgehead atoms. The van der Waals surface area contributed by atoms with Gasteiger partial charge in [0.2, 0.25) is 0 Å². The van der Waals surface area contributed by atoms with Crippen LogP contribution in [-0.4, -0.2) is 6.38 Å². The first kappa shape index (κ1) is 15.2. The van der Waals surface area contributed by atoms with Gasteiger partial charge in [0.05, 0.1) is 0 Å². The van der Waals surface area contributed by atoms with Gasteiger partial charge in [-0.25, -0.2) is 0 Å². The van der Waals surface area contributed by atoms with E-state index in [4.69, 9.17) is 0 Å². The van der Waals surface area contributed by atoms with E-state index in [0.29, 0.717) is 9.54 Å². The van der Waals surface area contributed by atoms with E-state index in [1.165, 1.54) is 23.1 Å². The topological polar surface area (TPSA) is 0 Å². The van der Waals surface area contributed by atoms with Crippen molar-refractivity contribution < 1.29 is 24.7 Å². The van der Waals surface area contributed by atoms with Gasteiger partial charge in [0, 0.05) is 6.38 Å². The molecule has 1 aliphatic carbocycles. The third-order valence-electron chi connectivity index (χ3n) is 3.28. The zero-order valence-corrected chi connectivity index (χ0v) is 14.5. The molecule has 0 aliphatic heterocycles. The summed E-state index contributed by atoms with van der Waals surface area (Å²) in [5.41, 5.74) is 7.63. The fourth-order valence-corrected chi connectivity index (χ4v) is 3.50. The summed E-state index contributed by atoms with van der Waals surface area (Å²) in [5.74, 6) is 0.629. The minimum Gasteiger partial charge on any atom is -0.130 e. The van der Waals surface area contributed by atoms with Crippen molar-refractivity contribution in [2.45, 2.75) is 37.2 Å². The molecule has 0 nitrogen and oxygen atoms in total. The minimum absolute atomic E-state index is 0.629. The average Bonchev–Trinajstić information content (AvgIpc) is 2.59. The molecule has 0 saturated carbocycles. The number of fused-ring (bicyclic) bond motifs is 1. The van der Waals surface area contributed by atoms with Gasteiger partial charge >= 0.3 is 108 Å². The van der Waals surface area contributed by atoms with E-state index in [2.05, 4.69) is 57.5 Å². The Kier molecular flexibility index (Phi) is 5.67. The summed E-state index contributed by atoms with van der Waals surface area (Å²) in [6, 6.07) is 4.59. The summed E-state index contributed by atoms with van der Waals surface area (Å²) in [5, 5.41) is 0. The Bertz CT molecular complexity index is 433. The summed E-state index contributed by atoms with van der Waals surface area (Å²) in [6.45, 7) is 9.07. The van der Waals surface area contributed by atoms with Crippen molar-refractivity contribution in [3.05, 3.63) is 40.0 Å². The van der Waals surface area contributed by atoms with Gasteiger partial charge < -0.3 is 0 Å². The smallest absolute Gasteiger partial charge is 0.0108 e. The fraction of sp³-hybridized carbons (Fsp3) is 0.467. The molecule has 0 spiro atoms. The van der Waals surface area contributed by atoms with Gasteiger partial charge in [-0.2, -0.15) is 0 Å². The molecule has 0 radical (unpaired) electrons. The third-order valence-corrected chi connectivity index (χ3v) is 5.11. The second-order valence-corrected chi connectivity index (χ2v) is 6.19. The molecule has 0 N–H and O–H groups in total. The number of aryl methyl sites for hydroxylation is 1. The first-order chi connectivity index (χ1) is 8.02. The quantitative estimate of drug-likeness (QED) is 0.638. The van der Waals surface area contributed by atoms with E-state index in [9.17, 15) is 0 Å². The van der Waals surface area contributed by atoms with Gasteiger partial charge in [0.1, 0.15) is 0 Å². The van der Waals surface area contributed by atoms with Gasteiger partial charge in [-0.05, 0) is 0 Å². The van der Waals surface area contributed by atoms with Crippen molar-refractivity contribution in [2.24, 2.45) is 0 Å². The molecule has 0 saturated heterocycles. The Morgan fingerprint density at radius 1 is 1.18 bits per heavy atom. The summed E-state index contributed by atoms with van der Waals surface area (Å²) in [4.78, 5) is 0. The van der Waals surface area contributed by atoms with Crippen LogP contribution in [0.25, 0.3) is 6.08 Å². The molecular formula is C15H20ClZr. The van der Waals surface area contributed by atoms with Gasteiger partial charge in [-0.3, -0.25) is 0 Å². The third kappa shape index (κ3) is 2.94. The Morgan fingerprint density at radius 3 is 2.29 bits per heavy atom. The van der Waals surface area contributed by atoms with E-state index in [0.717, 1.165) is 0 Å². The first-order valence-electron chi connectivity index (χ1n) is 5.93. The second kappa shape index (κ2) is 6.34. The number of halogens is 1. The van der Waals surface area contributed by atoms with Crippen LogP contribution in [0.1, 0.15) is 52.6 Å². The maximum Gasteiger partial charge on any atom is 0.0108 e. The molecular weight excluding hydrogens is 307 g/mol. The van der Waals surface area contributed by atoms with E-state index >= 15 is 0 Å². The molecule has 0 fully saturated rings. The Morgan fingerprint density at radius 2 is 1.76 bits per heavy atom. The van der Waals surface area contributed by atoms with Gasteiger partial charge in [-0.1, -0.05) is 0 Å². The summed E-state index contributed by atoms with van der Waals surface area (Å²) < 4.78 is 0.700. The largest absolute Gasteiger partial charge is 0.130 e. The Hall–Kier alpha value is 0.133. The number of alkyl halides is 1. The molecule has 91 valence electrons. The summed E-state index contributed by atoms with van der Waals surface area (Å²) >= 11 is 6.26. The van der Waals surface area contributed by atoms with Crippen LogP contribution in [0.2, 0.25) is 0 Å². The van der Waals surface area contributed by atoms with Crippen LogP contribution in [0.3, 0.4) is 0 Å². The fourth-order valence-electron chi connectivity index (χ4n) is 2.35. The van der Waals surface area contributed by atoms with Crippen LogP contribution >= 0.6 is 11.6 Å². The minimum atomic E-state index is 0.629. The van der Waals surface area contributed by atoms with Crippen molar-refractivity contribution in [3.63, 3.8) is 0 Å². The predicted octanol–water partition coefficient (Wildman–Crippen LogP) is 4.98. The molecule has 2 heteroatoms. The number of benzene rings is 1. The molecule has 1 unspecified atom stereocenters. The SMILES string of the molecule is CC1=Cc2c(C(C)C)ccc(C)c2[CH]1[Zr].CCl. The number of allylic oxidation sites excluding steroid dienone is 1. The van der Waals surface area contributed by atoms with Crippen LogP contribution in [0, 0.1) is 6.92 Å². The monoisotopic (exact) mass is 325 g/mol. The maximum atomic E-state index is 4.64. The van der Waals surface area contributed by atoms with Gasteiger partial charge in [0.15, 0.2) is 0 Å². The van der Waals surface area contributed by atoms with Crippen LogP contribution in [0.5, 0.6) is 0 Å². The van der Waals surface area contributed by atoms with Crippen molar-refractivity contribution in [1.29, 1.82) is 0 Å². The second-order valence-electron chi connectivity index (χ2n) is 4.78. The van der Waals surface area contributed by atoms with Gasteiger partial charge in [0.25, 0.3) is 0 Å². The van der Waals surface area contributed by atoms with E-state index in [-0.39, 0.29) is 0 Å². The van der Waals surface area contributed by atoms with Crippen LogP contribution in [0.4, 0.5) is 0 Å². The van der Waals surface area contributed by atoms with Crippen molar-refractivity contribution in [3.8, 4) is 0 Å². The van der Waals surface area contributed by atoms with Crippen LogP contribution in [-0.2, 0) is 24.7 Å². The average molecular weight is 327 g/mol. The summed E-state index contributed by atoms with van der Waals surface area (Å²) in [6.07, 6.45) is 3.87. The van der Waals surface area contributed by atoms with Crippen LogP contribution < -0.4 is 0 Å². The molecule has 17 heavy (non-hydrogen) atoms. The molecule has 1 atom stereocenters. The molecule has 0 amide bonds. The predicted molar refractivity (Wildman–Crippen MR) is 73.4 cm³/mol. The molecule has 1 aliphatic rings. The Labute approximate surface area is 125 Å². The molecule has 1 aromatic carbocycles. The molecule has 1 aromatic rings. The molecule has 0 heterocycles. The normalized spacial score (nSPS) is 17.3. The van der Waals surface area contributed by atoms with Crippen molar-refractivity contribution in [1.82, 2.24) is 0 Å². The van der Waals surface area contributed by atoms with Crippen molar-refractivity contribution in [2.75, 3.05) is 6.38 Å².